The van der Waals surface area contributed by atoms with E-state index >= 15 is 0 Å². The summed E-state index contributed by atoms with van der Waals surface area (Å²) < 4.78 is 0. The van der Waals surface area contributed by atoms with Crippen molar-refractivity contribution in [2.24, 2.45) is 5.73 Å². The first-order valence-electron chi connectivity index (χ1n) is 10.7. The second-order valence-electron chi connectivity index (χ2n) is 8.37. The van der Waals surface area contributed by atoms with Crippen LogP contribution >= 0.6 is 0 Å². The third-order valence-electron chi connectivity index (χ3n) is 6.57. The largest absolute Gasteiger partial charge is 0.507 e. The zero-order valence-corrected chi connectivity index (χ0v) is 17.1. The van der Waals surface area contributed by atoms with Crippen molar-refractivity contribution in [2.75, 3.05) is 13.1 Å². The zero-order valence-electron chi connectivity index (χ0n) is 17.1. The molecule has 30 heavy (non-hydrogen) atoms. The summed E-state index contributed by atoms with van der Waals surface area (Å²) in [7, 11) is 0. The zero-order chi connectivity index (χ0) is 21.1. The van der Waals surface area contributed by atoms with E-state index in [1.807, 2.05) is 36.4 Å². The van der Waals surface area contributed by atoms with Gasteiger partial charge < -0.3 is 16.2 Å². The van der Waals surface area contributed by atoms with Crippen molar-refractivity contribution < 1.29 is 14.7 Å². The molecule has 4 rings (SSSR count). The second-order valence-corrected chi connectivity index (χ2v) is 8.37. The maximum atomic E-state index is 12.2. The number of amides is 2. The molecule has 2 atom stereocenters. The highest BCUT2D eigenvalue weighted by Gasteiger charge is 2.41. The third-order valence-corrected chi connectivity index (χ3v) is 6.57. The minimum atomic E-state index is -0.590. The predicted molar refractivity (Wildman–Crippen MR) is 116 cm³/mol. The Kier molecular flexibility index (Phi) is 6.04. The van der Waals surface area contributed by atoms with Crippen LogP contribution < -0.4 is 11.1 Å². The number of aromatic hydroxyl groups is 1. The average molecular weight is 408 g/mol. The van der Waals surface area contributed by atoms with Gasteiger partial charge in [0.1, 0.15) is 5.75 Å². The van der Waals surface area contributed by atoms with Crippen LogP contribution in [0, 0.1) is 0 Å². The highest BCUT2D eigenvalue weighted by Crippen LogP contribution is 2.45. The summed E-state index contributed by atoms with van der Waals surface area (Å²) in [5.41, 5.74) is 7.13. The summed E-state index contributed by atoms with van der Waals surface area (Å²) in [4.78, 5) is 26.3. The number of nitrogens with zero attached hydrogens (tertiary/aromatic N) is 1. The summed E-state index contributed by atoms with van der Waals surface area (Å²) in [6, 6.07) is 15.5. The lowest BCUT2D eigenvalue weighted by Gasteiger charge is -2.39. The van der Waals surface area contributed by atoms with Gasteiger partial charge in [-0.05, 0) is 61.8 Å². The van der Waals surface area contributed by atoms with Crippen LogP contribution in [0.5, 0.6) is 5.75 Å². The normalized spacial score (nSPS) is 23.3. The van der Waals surface area contributed by atoms with Crippen molar-refractivity contribution >= 4 is 11.8 Å². The molecule has 0 spiro atoms. The van der Waals surface area contributed by atoms with Gasteiger partial charge >= 0.3 is 0 Å². The van der Waals surface area contributed by atoms with Crippen LogP contribution in [0.15, 0.2) is 48.5 Å². The van der Waals surface area contributed by atoms with Gasteiger partial charge in [0.25, 0.3) is 11.8 Å². The number of para-hydroxylation sites is 1. The maximum Gasteiger partial charge on any atom is 0.252 e. The molecule has 2 amide bonds. The first-order valence-corrected chi connectivity index (χ1v) is 10.7. The van der Waals surface area contributed by atoms with Crippen LogP contribution in [0.25, 0.3) is 0 Å². The van der Waals surface area contributed by atoms with Crippen LogP contribution in [0.2, 0.25) is 0 Å². The molecule has 2 aromatic rings. The van der Waals surface area contributed by atoms with E-state index in [0.717, 1.165) is 44.2 Å². The summed E-state index contributed by atoms with van der Waals surface area (Å²) in [5.74, 6) is -0.322. The fourth-order valence-electron chi connectivity index (χ4n) is 5.14. The Morgan fingerprint density at radius 3 is 2.40 bits per heavy atom. The Labute approximate surface area is 177 Å². The van der Waals surface area contributed by atoms with Gasteiger partial charge in [0, 0.05) is 30.7 Å². The van der Waals surface area contributed by atoms with Crippen LogP contribution in [0.4, 0.5) is 0 Å². The minimum absolute atomic E-state index is 0.0258. The molecule has 2 unspecified atom stereocenters. The van der Waals surface area contributed by atoms with Gasteiger partial charge in [0.15, 0.2) is 0 Å². The number of hydrogen-bond acceptors (Lipinski definition) is 4. The van der Waals surface area contributed by atoms with Crippen molar-refractivity contribution in [3.63, 3.8) is 0 Å². The standard InChI is InChI=1S/C24H29N3O3/c25-23(29)21-9-4-8-20(22(21)28)17-14-18-10-11-19(15-17)27(18)13-5-12-26-24(30)16-6-2-1-3-7-16/h1-4,6-9,17-19,28H,5,10-15H2,(H2,25,29)(H,26,30). The molecule has 2 aromatic carbocycles. The molecule has 158 valence electrons. The lowest BCUT2D eigenvalue weighted by atomic mass is 9.83. The molecule has 2 aliphatic heterocycles. The lowest BCUT2D eigenvalue weighted by molar-refractivity contribution is 0.0943. The number of piperidine rings is 1. The van der Waals surface area contributed by atoms with E-state index in [0.29, 0.717) is 24.2 Å². The Morgan fingerprint density at radius 1 is 1.03 bits per heavy atom. The molecule has 2 aliphatic rings. The smallest absolute Gasteiger partial charge is 0.252 e. The van der Waals surface area contributed by atoms with Crippen molar-refractivity contribution in [2.45, 2.75) is 50.1 Å². The Hall–Kier alpha value is -2.86. The van der Waals surface area contributed by atoms with E-state index in [9.17, 15) is 14.7 Å². The number of phenols is 1. The van der Waals surface area contributed by atoms with Crippen molar-refractivity contribution in [3.8, 4) is 5.75 Å². The van der Waals surface area contributed by atoms with Crippen molar-refractivity contribution in [1.82, 2.24) is 10.2 Å². The van der Waals surface area contributed by atoms with E-state index in [2.05, 4.69) is 10.2 Å². The fraction of sp³-hybridized carbons (Fsp3) is 0.417. The molecule has 0 aliphatic carbocycles. The SMILES string of the molecule is NC(=O)c1cccc(C2CC3CCC(C2)N3CCCNC(=O)c2ccccc2)c1O. The number of benzene rings is 2. The van der Waals surface area contributed by atoms with E-state index < -0.39 is 5.91 Å². The molecule has 6 nitrogen and oxygen atoms in total. The molecule has 6 heteroatoms. The molecule has 2 heterocycles. The van der Waals surface area contributed by atoms with Gasteiger partial charge in [-0.1, -0.05) is 30.3 Å². The molecule has 0 saturated carbocycles. The van der Waals surface area contributed by atoms with Crippen molar-refractivity contribution in [3.05, 3.63) is 65.2 Å². The van der Waals surface area contributed by atoms with Gasteiger partial charge in [0.05, 0.1) is 5.56 Å². The lowest BCUT2D eigenvalue weighted by Crippen LogP contribution is -2.43. The number of hydrogen-bond donors (Lipinski definition) is 3. The molecule has 0 radical (unpaired) electrons. The number of primary amides is 1. The molecule has 2 bridgehead atoms. The first-order chi connectivity index (χ1) is 14.5. The topological polar surface area (TPSA) is 95.7 Å². The van der Waals surface area contributed by atoms with Gasteiger partial charge in [0.2, 0.25) is 0 Å². The first kappa shape index (κ1) is 20.4. The summed E-state index contributed by atoms with van der Waals surface area (Å²) in [5, 5.41) is 13.5. The van der Waals surface area contributed by atoms with Crippen LogP contribution in [0.3, 0.4) is 0 Å². The minimum Gasteiger partial charge on any atom is -0.507 e. The van der Waals surface area contributed by atoms with Gasteiger partial charge in [-0.25, -0.2) is 0 Å². The Bertz CT molecular complexity index is 901. The molecule has 0 aromatic heterocycles. The Balaban J connectivity index is 1.31. The van der Waals surface area contributed by atoms with E-state index in [1.165, 1.54) is 0 Å². The maximum absolute atomic E-state index is 12.2. The summed E-state index contributed by atoms with van der Waals surface area (Å²) in [6.07, 6.45) is 5.19. The van der Waals surface area contributed by atoms with E-state index in [1.54, 1.807) is 12.1 Å². The molecule has 4 N–H and O–H groups in total. The second kappa shape index (κ2) is 8.88. The van der Waals surface area contributed by atoms with Crippen molar-refractivity contribution in [1.29, 1.82) is 0 Å². The highest BCUT2D eigenvalue weighted by atomic mass is 16.3. The Morgan fingerprint density at radius 2 is 1.73 bits per heavy atom. The number of nitrogens with two attached hydrogens (primary N) is 1. The molecule has 2 saturated heterocycles. The van der Waals surface area contributed by atoms with Crippen LogP contribution in [-0.4, -0.2) is 47.0 Å². The number of carbonyl (C=O) groups is 2. The van der Waals surface area contributed by atoms with E-state index in [4.69, 9.17) is 5.73 Å². The quantitative estimate of drug-likeness (QED) is 0.615. The number of fused-ring (bicyclic) bond motifs is 2. The third kappa shape index (κ3) is 4.19. The average Bonchev–Trinajstić information content (AvgIpc) is 2.98. The molecular weight excluding hydrogens is 378 g/mol. The van der Waals surface area contributed by atoms with Crippen LogP contribution in [-0.2, 0) is 0 Å². The predicted octanol–water partition coefficient (Wildman–Crippen LogP) is 3.02. The number of nitrogens with one attached hydrogen (secondary N) is 1. The molecule has 2 fully saturated rings. The van der Waals surface area contributed by atoms with Gasteiger partial charge in [-0.2, -0.15) is 0 Å². The monoisotopic (exact) mass is 407 g/mol. The summed E-state index contributed by atoms with van der Waals surface area (Å²) >= 11 is 0. The molecular formula is C24H29N3O3. The van der Waals surface area contributed by atoms with E-state index in [-0.39, 0.29) is 23.1 Å². The fourth-order valence-corrected chi connectivity index (χ4v) is 5.14. The number of rotatable bonds is 7. The van der Waals surface area contributed by atoms with Gasteiger partial charge in [-0.3, -0.25) is 14.5 Å². The van der Waals surface area contributed by atoms with Gasteiger partial charge in [-0.15, -0.1) is 0 Å². The number of carbonyl (C=O) groups excluding carboxylic acids is 2. The summed E-state index contributed by atoms with van der Waals surface area (Å²) in [6.45, 7) is 1.62. The highest BCUT2D eigenvalue weighted by molar-refractivity contribution is 5.96. The van der Waals surface area contributed by atoms with Crippen LogP contribution in [0.1, 0.15) is 64.3 Å².